The maximum atomic E-state index is 11.1. The molecule has 0 aliphatic heterocycles. The molecule has 96 valence electrons. The maximum Gasteiger partial charge on any atom is 0.407 e. The lowest BCUT2D eigenvalue weighted by Crippen LogP contribution is -2.35. The molecule has 0 saturated carbocycles. The van der Waals surface area contributed by atoms with Crippen LogP contribution >= 0.6 is 0 Å². The summed E-state index contributed by atoms with van der Waals surface area (Å²) in [6.07, 6.45) is -0.647. The van der Waals surface area contributed by atoms with Gasteiger partial charge in [-0.2, -0.15) is 0 Å². The van der Waals surface area contributed by atoms with E-state index in [0.717, 1.165) is 0 Å². The highest BCUT2D eigenvalue weighted by Crippen LogP contribution is 2.06. The Balaban J connectivity index is 3.87. The van der Waals surface area contributed by atoms with Crippen molar-refractivity contribution in [3.05, 3.63) is 0 Å². The van der Waals surface area contributed by atoms with E-state index in [9.17, 15) is 13.2 Å². The molecule has 0 fully saturated rings. The lowest BCUT2D eigenvalue weighted by Gasteiger charge is -2.19. The summed E-state index contributed by atoms with van der Waals surface area (Å²) in [7, 11) is -3.29. The van der Waals surface area contributed by atoms with Gasteiger partial charge in [-0.25, -0.2) is 13.2 Å². The van der Waals surface area contributed by atoms with E-state index in [2.05, 4.69) is 5.32 Å². The number of amides is 1. The number of rotatable bonds is 5. The van der Waals surface area contributed by atoms with Crippen LogP contribution in [0.3, 0.4) is 0 Å². The number of aliphatic hydroxyl groups is 1. The van der Waals surface area contributed by atoms with Crippen molar-refractivity contribution in [2.75, 3.05) is 24.7 Å². The average Bonchev–Trinajstić information content (AvgIpc) is 1.99. The molecule has 0 aromatic rings. The lowest BCUT2D eigenvalue weighted by molar-refractivity contribution is 0.0531. The summed E-state index contributed by atoms with van der Waals surface area (Å²) in [4.78, 5) is 11.1. The molecule has 2 N–H and O–H groups in total. The van der Waals surface area contributed by atoms with Crippen molar-refractivity contribution >= 4 is 15.9 Å². The van der Waals surface area contributed by atoms with E-state index in [1.165, 1.54) is 0 Å². The molecule has 0 saturated heterocycles. The Bertz CT molecular complexity index is 317. The van der Waals surface area contributed by atoms with Crippen molar-refractivity contribution in [1.82, 2.24) is 5.32 Å². The predicted molar refractivity (Wildman–Crippen MR) is 60.0 cm³/mol. The summed E-state index contributed by atoms with van der Waals surface area (Å²) in [5.74, 6) is -0.490. The Kier molecular flexibility index (Phi) is 5.74. The molecule has 16 heavy (non-hydrogen) atoms. The van der Waals surface area contributed by atoms with Gasteiger partial charge in [0.25, 0.3) is 0 Å². The zero-order chi connectivity index (χ0) is 12.8. The minimum absolute atomic E-state index is 0.0166. The largest absolute Gasteiger partial charge is 0.444 e. The van der Waals surface area contributed by atoms with Crippen LogP contribution in [-0.2, 0) is 14.6 Å². The highest BCUT2D eigenvalue weighted by molar-refractivity contribution is 7.91. The molecule has 0 bridgehead atoms. The van der Waals surface area contributed by atoms with Gasteiger partial charge < -0.3 is 15.2 Å². The van der Waals surface area contributed by atoms with Crippen LogP contribution < -0.4 is 5.32 Å². The Morgan fingerprint density at radius 2 is 1.88 bits per heavy atom. The number of ether oxygens (including phenoxy) is 1. The molecule has 0 aromatic carbocycles. The first-order chi connectivity index (χ1) is 7.16. The molecule has 0 aliphatic carbocycles. The second-order valence-electron chi connectivity index (χ2n) is 4.30. The fourth-order valence-electron chi connectivity index (χ4n) is 0.864. The molecule has 0 radical (unpaired) electrons. The second-order valence-corrected chi connectivity index (χ2v) is 6.61. The number of hydrogen-bond donors (Lipinski definition) is 2. The Hall–Kier alpha value is -0.820. The van der Waals surface area contributed by atoms with Gasteiger partial charge in [-0.15, -0.1) is 0 Å². The highest BCUT2D eigenvalue weighted by atomic mass is 32.2. The third-order valence-electron chi connectivity index (χ3n) is 1.48. The SMILES string of the molecule is CC(C)(C)OC(=O)NCCS(=O)(=O)CCO. The summed E-state index contributed by atoms with van der Waals surface area (Å²) >= 11 is 0. The van der Waals surface area contributed by atoms with E-state index < -0.39 is 28.1 Å². The summed E-state index contributed by atoms with van der Waals surface area (Å²) in [5, 5.41) is 10.8. The van der Waals surface area contributed by atoms with E-state index in [1.54, 1.807) is 20.8 Å². The number of nitrogens with one attached hydrogen (secondary N) is 1. The van der Waals surface area contributed by atoms with Crippen LogP contribution in [0, 0.1) is 0 Å². The van der Waals surface area contributed by atoms with Gasteiger partial charge in [0.1, 0.15) is 5.60 Å². The molecule has 0 spiro atoms. The van der Waals surface area contributed by atoms with Crippen LogP contribution in [0.5, 0.6) is 0 Å². The Morgan fingerprint density at radius 3 is 2.31 bits per heavy atom. The van der Waals surface area contributed by atoms with Crippen LogP contribution in [0.2, 0.25) is 0 Å². The van der Waals surface area contributed by atoms with E-state index >= 15 is 0 Å². The second kappa shape index (κ2) is 6.05. The Labute approximate surface area is 95.9 Å². The minimum atomic E-state index is -3.29. The number of alkyl carbamates (subject to hydrolysis) is 1. The van der Waals surface area contributed by atoms with Crippen molar-refractivity contribution in [3.63, 3.8) is 0 Å². The molecule has 0 atom stereocenters. The number of hydrogen-bond acceptors (Lipinski definition) is 5. The van der Waals surface area contributed by atoms with Crippen LogP contribution in [-0.4, -0.2) is 49.9 Å². The number of carbonyl (C=O) groups is 1. The van der Waals surface area contributed by atoms with E-state index in [-0.39, 0.29) is 18.1 Å². The van der Waals surface area contributed by atoms with Gasteiger partial charge in [0, 0.05) is 6.54 Å². The molecule has 0 heterocycles. The normalized spacial score (nSPS) is 12.2. The molecule has 1 amide bonds. The zero-order valence-corrected chi connectivity index (χ0v) is 10.6. The van der Waals surface area contributed by atoms with Gasteiger partial charge in [-0.1, -0.05) is 0 Å². The van der Waals surface area contributed by atoms with E-state index in [1.807, 2.05) is 0 Å². The first kappa shape index (κ1) is 15.2. The van der Waals surface area contributed by atoms with Crippen molar-refractivity contribution in [1.29, 1.82) is 0 Å². The van der Waals surface area contributed by atoms with Crippen molar-refractivity contribution < 1.29 is 23.1 Å². The fraction of sp³-hybridized carbons (Fsp3) is 0.889. The molecule has 7 heteroatoms. The van der Waals surface area contributed by atoms with Crippen LogP contribution in [0.4, 0.5) is 4.79 Å². The van der Waals surface area contributed by atoms with Gasteiger partial charge in [0.15, 0.2) is 9.84 Å². The molecule has 0 aliphatic rings. The van der Waals surface area contributed by atoms with Crippen molar-refractivity contribution in [2.24, 2.45) is 0 Å². The maximum absolute atomic E-state index is 11.1. The summed E-state index contributed by atoms with van der Waals surface area (Å²) in [6, 6.07) is 0. The van der Waals surface area contributed by atoms with Gasteiger partial charge >= 0.3 is 6.09 Å². The van der Waals surface area contributed by atoms with Crippen molar-refractivity contribution in [2.45, 2.75) is 26.4 Å². The Morgan fingerprint density at radius 1 is 1.31 bits per heavy atom. The molecule has 0 unspecified atom stereocenters. The van der Waals surface area contributed by atoms with Crippen molar-refractivity contribution in [3.8, 4) is 0 Å². The molecular formula is C9H19NO5S. The van der Waals surface area contributed by atoms with E-state index in [4.69, 9.17) is 9.84 Å². The number of carbonyl (C=O) groups excluding carboxylic acids is 1. The minimum Gasteiger partial charge on any atom is -0.444 e. The first-order valence-electron chi connectivity index (χ1n) is 4.94. The summed E-state index contributed by atoms with van der Waals surface area (Å²) < 4.78 is 27.2. The standard InChI is InChI=1S/C9H19NO5S/c1-9(2,3)15-8(12)10-4-6-16(13,14)7-5-11/h11H,4-7H2,1-3H3,(H,10,12). The lowest BCUT2D eigenvalue weighted by atomic mass is 10.2. The quantitative estimate of drug-likeness (QED) is 0.714. The third kappa shape index (κ3) is 8.49. The topological polar surface area (TPSA) is 92.7 Å². The molecule has 0 aromatic heterocycles. The third-order valence-corrected chi connectivity index (χ3v) is 3.11. The molecule has 6 nitrogen and oxygen atoms in total. The molecular weight excluding hydrogens is 234 g/mol. The molecule has 0 rings (SSSR count). The summed E-state index contributed by atoms with van der Waals surface area (Å²) in [6.45, 7) is 4.73. The zero-order valence-electron chi connectivity index (χ0n) is 9.82. The van der Waals surface area contributed by atoms with Gasteiger partial charge in [0.05, 0.1) is 18.1 Å². The van der Waals surface area contributed by atoms with E-state index in [0.29, 0.717) is 0 Å². The van der Waals surface area contributed by atoms with Crippen LogP contribution in [0.15, 0.2) is 0 Å². The van der Waals surface area contributed by atoms with Crippen LogP contribution in [0.1, 0.15) is 20.8 Å². The van der Waals surface area contributed by atoms with Gasteiger partial charge in [0.2, 0.25) is 0 Å². The average molecular weight is 253 g/mol. The highest BCUT2D eigenvalue weighted by Gasteiger charge is 2.16. The monoisotopic (exact) mass is 253 g/mol. The summed E-state index contributed by atoms with van der Waals surface area (Å²) in [5.41, 5.74) is -0.603. The first-order valence-corrected chi connectivity index (χ1v) is 6.76. The number of aliphatic hydroxyl groups excluding tert-OH is 1. The van der Waals surface area contributed by atoms with Crippen LogP contribution in [0.25, 0.3) is 0 Å². The van der Waals surface area contributed by atoms with Gasteiger partial charge in [-0.3, -0.25) is 0 Å². The predicted octanol–water partition coefficient (Wildman–Crippen LogP) is -0.0818. The smallest absolute Gasteiger partial charge is 0.407 e. The van der Waals surface area contributed by atoms with Gasteiger partial charge in [-0.05, 0) is 20.8 Å². The number of sulfone groups is 1. The fourth-order valence-corrected chi connectivity index (χ4v) is 1.76.